The van der Waals surface area contributed by atoms with Gasteiger partial charge in [-0.3, -0.25) is 0 Å². The molecule has 4 heteroatoms. The summed E-state index contributed by atoms with van der Waals surface area (Å²) in [4.78, 5) is 0. The highest BCUT2D eigenvalue weighted by molar-refractivity contribution is 5.68. The number of benzene rings is 2. The molecule has 100 valence electrons. The van der Waals surface area contributed by atoms with Gasteiger partial charge in [0.25, 0.3) is 0 Å². The van der Waals surface area contributed by atoms with Crippen LogP contribution in [0.2, 0.25) is 0 Å². The van der Waals surface area contributed by atoms with Crippen LogP contribution in [-0.2, 0) is 0 Å². The minimum Gasteiger partial charge on any atom is -0.497 e. The molecule has 0 saturated carbocycles. The zero-order valence-electron chi connectivity index (χ0n) is 10.8. The van der Waals surface area contributed by atoms with Gasteiger partial charge in [-0.15, -0.1) is 0 Å². The fourth-order valence-corrected chi connectivity index (χ4v) is 1.98. The maximum Gasteiger partial charge on any atom is 0.203 e. The third kappa shape index (κ3) is 2.16. The van der Waals surface area contributed by atoms with Gasteiger partial charge in [-0.05, 0) is 24.3 Å². The molecular formula is C16H12FNO2. The fraction of sp³-hybridized carbons (Fsp3) is 0.0625. The zero-order valence-corrected chi connectivity index (χ0v) is 10.8. The van der Waals surface area contributed by atoms with Gasteiger partial charge in [0.1, 0.15) is 11.4 Å². The molecule has 3 rings (SSSR count). The lowest BCUT2D eigenvalue weighted by atomic mass is 10.1. The van der Waals surface area contributed by atoms with Crippen molar-refractivity contribution >= 4 is 0 Å². The number of halogens is 1. The predicted octanol–water partition coefficient (Wildman–Crippen LogP) is 4.16. The molecule has 0 spiro atoms. The van der Waals surface area contributed by atoms with Crippen molar-refractivity contribution in [3.63, 3.8) is 0 Å². The topological polar surface area (TPSA) is 35.3 Å². The Morgan fingerprint density at radius 1 is 0.950 bits per heavy atom. The Bertz CT molecular complexity index is 705. The number of ether oxygens (including phenoxy) is 1. The minimum absolute atomic E-state index is 0.131. The fourth-order valence-electron chi connectivity index (χ4n) is 1.98. The van der Waals surface area contributed by atoms with Gasteiger partial charge in [0.05, 0.1) is 7.11 Å². The van der Waals surface area contributed by atoms with Gasteiger partial charge < -0.3 is 9.26 Å². The van der Waals surface area contributed by atoms with E-state index in [0.29, 0.717) is 16.9 Å². The highest BCUT2D eigenvalue weighted by atomic mass is 19.1. The summed E-state index contributed by atoms with van der Waals surface area (Å²) in [5, 5.41) is 3.82. The molecule has 20 heavy (non-hydrogen) atoms. The summed E-state index contributed by atoms with van der Waals surface area (Å²) in [6.45, 7) is 0. The van der Waals surface area contributed by atoms with E-state index >= 15 is 0 Å². The number of methoxy groups -OCH3 is 1. The Balaban J connectivity index is 2.01. The van der Waals surface area contributed by atoms with E-state index in [9.17, 15) is 4.39 Å². The molecule has 2 aromatic carbocycles. The van der Waals surface area contributed by atoms with Crippen molar-refractivity contribution in [2.75, 3.05) is 7.11 Å². The van der Waals surface area contributed by atoms with Crippen LogP contribution in [0.25, 0.3) is 22.6 Å². The zero-order chi connectivity index (χ0) is 13.9. The lowest BCUT2D eigenvalue weighted by Crippen LogP contribution is -1.84. The second-order valence-electron chi connectivity index (χ2n) is 4.27. The number of nitrogens with zero attached hydrogens (tertiary/aromatic N) is 1. The van der Waals surface area contributed by atoms with Gasteiger partial charge in [-0.2, -0.15) is 0 Å². The molecule has 0 radical (unpaired) electrons. The van der Waals surface area contributed by atoms with Crippen LogP contribution in [0.4, 0.5) is 4.39 Å². The summed E-state index contributed by atoms with van der Waals surface area (Å²) >= 11 is 0. The van der Waals surface area contributed by atoms with Crippen LogP contribution in [0.5, 0.6) is 5.75 Å². The molecule has 3 nitrogen and oxygen atoms in total. The summed E-state index contributed by atoms with van der Waals surface area (Å²) < 4.78 is 24.6. The quantitative estimate of drug-likeness (QED) is 0.716. The molecule has 0 aliphatic rings. The molecule has 0 amide bonds. The van der Waals surface area contributed by atoms with Crippen molar-refractivity contribution in [2.24, 2.45) is 0 Å². The van der Waals surface area contributed by atoms with Crippen molar-refractivity contribution in [1.82, 2.24) is 5.16 Å². The smallest absolute Gasteiger partial charge is 0.203 e. The monoisotopic (exact) mass is 269 g/mol. The summed E-state index contributed by atoms with van der Waals surface area (Å²) in [6, 6.07) is 16.1. The Hall–Kier alpha value is -2.62. The highest BCUT2D eigenvalue weighted by Gasteiger charge is 2.18. The SMILES string of the molecule is COc1ccc(-c2onc(-c3ccccc3)c2F)cc1. The molecule has 0 saturated heterocycles. The molecular weight excluding hydrogens is 257 g/mol. The average molecular weight is 269 g/mol. The van der Waals surface area contributed by atoms with Crippen LogP contribution in [-0.4, -0.2) is 12.3 Å². The molecule has 0 unspecified atom stereocenters. The van der Waals surface area contributed by atoms with Crippen molar-refractivity contribution in [1.29, 1.82) is 0 Å². The molecule has 1 aromatic heterocycles. The Morgan fingerprint density at radius 3 is 2.30 bits per heavy atom. The van der Waals surface area contributed by atoms with Crippen LogP contribution in [0.3, 0.4) is 0 Å². The molecule has 0 bridgehead atoms. The summed E-state index contributed by atoms with van der Waals surface area (Å²) in [6.07, 6.45) is 0. The van der Waals surface area contributed by atoms with Crippen LogP contribution in [0.1, 0.15) is 0 Å². The molecule has 0 aliphatic carbocycles. The maximum atomic E-state index is 14.4. The van der Waals surface area contributed by atoms with Gasteiger partial charge in [-0.1, -0.05) is 35.5 Å². The molecule has 3 aromatic rings. The minimum atomic E-state index is -0.457. The second-order valence-corrected chi connectivity index (χ2v) is 4.27. The van der Waals surface area contributed by atoms with E-state index in [4.69, 9.17) is 9.26 Å². The Morgan fingerprint density at radius 2 is 1.65 bits per heavy atom. The van der Waals surface area contributed by atoms with E-state index in [1.54, 1.807) is 43.5 Å². The second kappa shape index (κ2) is 5.17. The Labute approximate surface area is 115 Å². The van der Waals surface area contributed by atoms with E-state index in [0.717, 1.165) is 0 Å². The molecule has 1 heterocycles. The third-order valence-corrected chi connectivity index (χ3v) is 3.03. The van der Waals surface area contributed by atoms with E-state index in [2.05, 4.69) is 5.16 Å². The van der Waals surface area contributed by atoms with Gasteiger partial charge in [-0.25, -0.2) is 4.39 Å². The van der Waals surface area contributed by atoms with E-state index in [1.807, 2.05) is 18.2 Å². The van der Waals surface area contributed by atoms with Crippen molar-refractivity contribution in [3.05, 3.63) is 60.4 Å². The first-order valence-electron chi connectivity index (χ1n) is 6.14. The number of rotatable bonds is 3. The average Bonchev–Trinajstić information content (AvgIpc) is 2.90. The van der Waals surface area contributed by atoms with Crippen LogP contribution < -0.4 is 4.74 Å². The number of hydrogen-bond donors (Lipinski definition) is 0. The van der Waals surface area contributed by atoms with Crippen molar-refractivity contribution < 1.29 is 13.7 Å². The summed E-state index contributed by atoms with van der Waals surface area (Å²) in [5.74, 6) is 0.379. The molecule has 0 aliphatic heterocycles. The first-order chi connectivity index (χ1) is 9.79. The highest BCUT2D eigenvalue weighted by Crippen LogP contribution is 2.31. The molecule has 0 atom stereocenters. The van der Waals surface area contributed by atoms with Crippen molar-refractivity contribution in [3.8, 4) is 28.3 Å². The lowest BCUT2D eigenvalue weighted by molar-refractivity contribution is 0.414. The number of hydrogen-bond acceptors (Lipinski definition) is 3. The van der Waals surface area contributed by atoms with Gasteiger partial charge in [0, 0.05) is 11.1 Å². The summed E-state index contributed by atoms with van der Waals surface area (Å²) in [7, 11) is 1.58. The number of aromatic nitrogens is 1. The van der Waals surface area contributed by atoms with Gasteiger partial charge >= 0.3 is 0 Å². The first kappa shape index (κ1) is 12.4. The van der Waals surface area contributed by atoms with E-state index < -0.39 is 5.82 Å². The van der Waals surface area contributed by atoms with Crippen LogP contribution in [0, 0.1) is 5.82 Å². The van der Waals surface area contributed by atoms with E-state index in [-0.39, 0.29) is 11.5 Å². The normalized spacial score (nSPS) is 10.5. The van der Waals surface area contributed by atoms with Gasteiger partial charge in [0.2, 0.25) is 5.76 Å². The lowest BCUT2D eigenvalue weighted by Gasteiger charge is -2.00. The Kier molecular flexibility index (Phi) is 3.21. The van der Waals surface area contributed by atoms with E-state index in [1.165, 1.54) is 0 Å². The third-order valence-electron chi connectivity index (χ3n) is 3.03. The standard InChI is InChI=1S/C16H12FNO2/c1-19-13-9-7-12(8-10-13)16-14(17)15(18-20-16)11-5-3-2-4-6-11/h2-10H,1H3. The largest absolute Gasteiger partial charge is 0.497 e. The van der Waals surface area contributed by atoms with Gasteiger partial charge in [0.15, 0.2) is 5.82 Å². The molecule has 0 fully saturated rings. The van der Waals surface area contributed by atoms with Crippen LogP contribution >= 0.6 is 0 Å². The molecule has 0 N–H and O–H groups in total. The predicted molar refractivity (Wildman–Crippen MR) is 73.9 cm³/mol. The maximum absolute atomic E-state index is 14.4. The van der Waals surface area contributed by atoms with Crippen molar-refractivity contribution in [2.45, 2.75) is 0 Å². The summed E-state index contributed by atoms with van der Waals surface area (Å²) in [5.41, 5.74) is 1.53. The first-order valence-corrected chi connectivity index (χ1v) is 6.14. The van der Waals surface area contributed by atoms with Crippen LogP contribution in [0.15, 0.2) is 59.1 Å².